The molecule has 2 heteroatoms. The number of benzene rings is 8. The Labute approximate surface area is 262 Å². The van der Waals surface area contributed by atoms with Crippen LogP contribution in [0.2, 0.25) is 0 Å². The molecule has 0 saturated heterocycles. The van der Waals surface area contributed by atoms with Gasteiger partial charge in [-0.05, 0) is 101 Å². The Kier molecular flexibility index (Phi) is 6.54. The largest absolute Gasteiger partial charge is 0.296 e. The molecule has 0 heterocycles. The van der Waals surface area contributed by atoms with Gasteiger partial charge in [-0.1, -0.05) is 121 Å². The van der Waals surface area contributed by atoms with E-state index in [1.165, 1.54) is 65.3 Å². The molecule has 0 aliphatic carbocycles. The molecule has 0 aliphatic rings. The van der Waals surface area contributed by atoms with Crippen molar-refractivity contribution in [3.05, 3.63) is 151 Å². The molecule has 0 spiro atoms. The zero-order valence-electron chi connectivity index (χ0n) is 25.0. The van der Waals surface area contributed by atoms with Gasteiger partial charge in [-0.25, -0.2) is 0 Å². The Bertz CT molecular complexity index is 2500. The molecule has 0 amide bonds. The number of rotatable bonds is 5. The third kappa shape index (κ3) is 4.42. The van der Waals surface area contributed by atoms with Crippen LogP contribution in [0.25, 0.3) is 81.7 Å². The molecule has 0 bridgehead atoms. The van der Waals surface area contributed by atoms with Crippen LogP contribution in [0, 0.1) is 0 Å². The summed E-state index contributed by atoms with van der Waals surface area (Å²) >= 11 is 0. The van der Waals surface area contributed by atoms with E-state index >= 15 is 0 Å². The Morgan fingerprint density at radius 2 is 1.20 bits per heavy atom. The molecular formula is C43H30N2. The van der Waals surface area contributed by atoms with E-state index in [0.717, 1.165) is 21.9 Å². The molecule has 0 atom stereocenters. The van der Waals surface area contributed by atoms with Crippen LogP contribution in [0.4, 0.5) is 0 Å². The van der Waals surface area contributed by atoms with Gasteiger partial charge in [0.15, 0.2) is 0 Å². The van der Waals surface area contributed by atoms with Crippen LogP contribution >= 0.6 is 0 Å². The molecular weight excluding hydrogens is 544 g/mol. The number of nitrogens with zero attached hydrogens (tertiary/aromatic N) is 2. The fourth-order valence-electron chi connectivity index (χ4n) is 6.99. The van der Waals surface area contributed by atoms with E-state index in [9.17, 15) is 0 Å². The first kappa shape index (κ1) is 26.7. The third-order valence-electron chi connectivity index (χ3n) is 8.93. The van der Waals surface area contributed by atoms with Gasteiger partial charge >= 0.3 is 0 Å². The number of fused-ring (bicyclic) bond motifs is 6. The maximum atomic E-state index is 4.40. The van der Waals surface area contributed by atoms with Gasteiger partial charge in [0, 0.05) is 30.6 Å². The van der Waals surface area contributed by atoms with E-state index < -0.39 is 0 Å². The van der Waals surface area contributed by atoms with E-state index in [1.54, 1.807) is 7.05 Å². The quantitative estimate of drug-likeness (QED) is 0.111. The molecule has 8 aromatic rings. The van der Waals surface area contributed by atoms with Crippen molar-refractivity contribution in [2.75, 3.05) is 7.05 Å². The molecule has 8 aromatic carbocycles. The molecule has 8 rings (SSSR count). The summed E-state index contributed by atoms with van der Waals surface area (Å²) in [7, 11) is 1.80. The average molecular weight is 575 g/mol. The summed E-state index contributed by atoms with van der Waals surface area (Å²) in [6.45, 7) is 3.78. The fourth-order valence-corrected chi connectivity index (χ4v) is 6.99. The minimum absolute atomic E-state index is 0.934. The number of allylic oxidation sites excluding steroid dienone is 1. The summed E-state index contributed by atoms with van der Waals surface area (Å²) in [4.78, 5) is 8.58. The van der Waals surface area contributed by atoms with Gasteiger partial charge in [-0.2, -0.15) is 0 Å². The topological polar surface area (TPSA) is 24.7 Å². The van der Waals surface area contributed by atoms with Gasteiger partial charge in [-0.15, -0.1) is 0 Å². The Morgan fingerprint density at radius 3 is 2.00 bits per heavy atom. The minimum Gasteiger partial charge on any atom is -0.296 e. The van der Waals surface area contributed by atoms with Crippen molar-refractivity contribution in [3.8, 4) is 22.3 Å². The molecule has 0 aromatic heterocycles. The lowest BCUT2D eigenvalue weighted by molar-refractivity contribution is 1.47. The Morgan fingerprint density at radius 1 is 0.511 bits per heavy atom. The van der Waals surface area contributed by atoms with E-state index in [0.29, 0.717) is 0 Å². The molecule has 0 saturated carbocycles. The van der Waals surface area contributed by atoms with E-state index in [4.69, 9.17) is 0 Å². The minimum atomic E-state index is 0.934. The SMILES string of the molecule is C=N/C=C(\C=NC)c1c2ccccc2c(-c2cccc3c2ccc2cc4ccccc4cc23)c2cc(-c3ccccc3)ccc12. The molecule has 0 aliphatic heterocycles. The van der Waals surface area contributed by atoms with Crippen LogP contribution < -0.4 is 0 Å². The summed E-state index contributed by atoms with van der Waals surface area (Å²) in [6.07, 6.45) is 3.70. The first-order chi connectivity index (χ1) is 22.2. The van der Waals surface area contributed by atoms with E-state index in [1.807, 2.05) is 12.4 Å². The zero-order chi connectivity index (χ0) is 30.3. The summed E-state index contributed by atoms with van der Waals surface area (Å²) in [5.74, 6) is 0. The normalized spacial score (nSPS) is 12.2. The highest BCUT2D eigenvalue weighted by molar-refractivity contribution is 6.28. The van der Waals surface area contributed by atoms with Crippen LogP contribution in [-0.4, -0.2) is 20.0 Å². The number of hydrogen-bond acceptors (Lipinski definition) is 2. The molecule has 212 valence electrons. The van der Waals surface area contributed by atoms with Crippen molar-refractivity contribution in [1.29, 1.82) is 0 Å². The molecule has 45 heavy (non-hydrogen) atoms. The van der Waals surface area contributed by atoms with Crippen molar-refractivity contribution in [2.45, 2.75) is 0 Å². The highest BCUT2D eigenvalue weighted by Gasteiger charge is 2.20. The lowest BCUT2D eigenvalue weighted by Gasteiger charge is -2.20. The van der Waals surface area contributed by atoms with Crippen molar-refractivity contribution in [2.24, 2.45) is 9.98 Å². The monoisotopic (exact) mass is 574 g/mol. The van der Waals surface area contributed by atoms with Crippen molar-refractivity contribution in [3.63, 3.8) is 0 Å². The third-order valence-corrected chi connectivity index (χ3v) is 8.93. The fraction of sp³-hybridized carbons (Fsp3) is 0.0233. The summed E-state index contributed by atoms with van der Waals surface area (Å²) in [6, 6.07) is 50.7. The van der Waals surface area contributed by atoms with Gasteiger partial charge in [0.25, 0.3) is 0 Å². The average Bonchev–Trinajstić information content (AvgIpc) is 3.09. The van der Waals surface area contributed by atoms with Crippen LogP contribution in [0.1, 0.15) is 5.56 Å². The van der Waals surface area contributed by atoms with Crippen molar-refractivity contribution >= 4 is 72.4 Å². The second kappa shape index (κ2) is 11.0. The van der Waals surface area contributed by atoms with E-state index in [2.05, 4.69) is 156 Å². The van der Waals surface area contributed by atoms with Crippen molar-refractivity contribution < 1.29 is 0 Å². The maximum Gasteiger partial charge on any atom is 0.0354 e. The van der Waals surface area contributed by atoms with Crippen molar-refractivity contribution in [1.82, 2.24) is 0 Å². The van der Waals surface area contributed by atoms with Crippen LogP contribution in [0.3, 0.4) is 0 Å². The summed E-state index contributed by atoms with van der Waals surface area (Å²) in [5, 5.41) is 12.2. The summed E-state index contributed by atoms with van der Waals surface area (Å²) in [5.41, 5.74) is 6.86. The first-order valence-electron chi connectivity index (χ1n) is 15.2. The lowest BCUT2D eigenvalue weighted by Crippen LogP contribution is -1.96. The number of aliphatic imine (C=N–C) groups is 2. The second-order valence-electron chi connectivity index (χ2n) is 11.5. The smallest absolute Gasteiger partial charge is 0.0354 e. The maximum absolute atomic E-state index is 4.40. The second-order valence-corrected chi connectivity index (χ2v) is 11.5. The molecule has 2 nitrogen and oxygen atoms in total. The van der Waals surface area contributed by atoms with Gasteiger partial charge in [0.1, 0.15) is 0 Å². The highest BCUT2D eigenvalue weighted by Crippen LogP contribution is 2.45. The lowest BCUT2D eigenvalue weighted by atomic mass is 9.83. The Hall–Kier alpha value is -5.86. The first-order valence-corrected chi connectivity index (χ1v) is 15.2. The summed E-state index contributed by atoms with van der Waals surface area (Å²) < 4.78 is 0. The van der Waals surface area contributed by atoms with Gasteiger partial charge in [0.05, 0.1) is 0 Å². The predicted octanol–water partition coefficient (Wildman–Crippen LogP) is 11.5. The van der Waals surface area contributed by atoms with Crippen LogP contribution in [0.15, 0.2) is 156 Å². The molecule has 0 unspecified atom stereocenters. The van der Waals surface area contributed by atoms with E-state index in [-0.39, 0.29) is 0 Å². The Balaban J connectivity index is 1.53. The van der Waals surface area contributed by atoms with Gasteiger partial charge in [0.2, 0.25) is 0 Å². The van der Waals surface area contributed by atoms with Crippen LogP contribution in [-0.2, 0) is 0 Å². The molecule has 0 fully saturated rings. The molecule has 0 radical (unpaired) electrons. The molecule has 0 N–H and O–H groups in total. The van der Waals surface area contributed by atoms with Gasteiger partial charge < -0.3 is 0 Å². The standard InChI is InChI=1S/C43H30N2/c1-44-26-33(27-45-2)42-37-15-8-9-16-38(37)43(41-25-31(19-22-39(41)42)28-11-4-3-5-12-28)36-18-10-17-34-35(36)21-20-32-23-29-13-6-7-14-30(29)24-40(32)34/h3-27H,1H2,2H3/b33-26+,45-27?. The van der Waals surface area contributed by atoms with Gasteiger partial charge in [-0.3, -0.25) is 9.98 Å². The zero-order valence-corrected chi connectivity index (χ0v) is 25.0. The highest BCUT2D eigenvalue weighted by atomic mass is 14.7. The van der Waals surface area contributed by atoms with Crippen LogP contribution in [0.5, 0.6) is 0 Å². The predicted molar refractivity (Wildman–Crippen MR) is 197 cm³/mol. The number of hydrogen-bond donors (Lipinski definition) is 0.